The number of amides is 2. The molecule has 0 saturated carbocycles. The summed E-state index contributed by atoms with van der Waals surface area (Å²) in [7, 11) is 0. The van der Waals surface area contributed by atoms with Crippen LogP contribution < -0.4 is 16.0 Å². The second-order valence-electron chi connectivity index (χ2n) is 4.00. The Hall–Kier alpha value is -1.10. The summed E-state index contributed by atoms with van der Waals surface area (Å²) in [4.78, 5) is 22.4. The molecule has 1 saturated heterocycles. The van der Waals surface area contributed by atoms with E-state index in [4.69, 9.17) is 0 Å². The van der Waals surface area contributed by atoms with Crippen LogP contribution in [0.15, 0.2) is 0 Å². The molecule has 2 atom stereocenters. The summed E-state index contributed by atoms with van der Waals surface area (Å²) in [6, 6.07) is -0.285. The van der Waals surface area contributed by atoms with E-state index in [2.05, 4.69) is 29.8 Å². The molecule has 1 heterocycles. The quantitative estimate of drug-likeness (QED) is 0.575. The monoisotopic (exact) mass is 213 g/mol. The van der Waals surface area contributed by atoms with Crippen molar-refractivity contribution in [2.24, 2.45) is 5.92 Å². The van der Waals surface area contributed by atoms with Crippen LogP contribution in [0.1, 0.15) is 20.3 Å². The first-order valence-corrected chi connectivity index (χ1v) is 5.41. The molecule has 0 radical (unpaired) electrons. The number of hydrogen-bond acceptors (Lipinski definition) is 3. The Morgan fingerprint density at radius 2 is 2.40 bits per heavy atom. The van der Waals surface area contributed by atoms with Gasteiger partial charge < -0.3 is 10.6 Å². The molecule has 1 aliphatic rings. The van der Waals surface area contributed by atoms with Gasteiger partial charge in [-0.1, -0.05) is 20.3 Å². The van der Waals surface area contributed by atoms with Gasteiger partial charge in [0.05, 0.1) is 6.54 Å². The minimum Gasteiger partial charge on any atom is -0.354 e. The second-order valence-corrected chi connectivity index (χ2v) is 4.00. The van der Waals surface area contributed by atoms with Crippen LogP contribution in [0.2, 0.25) is 0 Å². The molecule has 0 spiro atoms. The van der Waals surface area contributed by atoms with E-state index in [1.807, 2.05) is 0 Å². The van der Waals surface area contributed by atoms with Gasteiger partial charge in [0, 0.05) is 13.1 Å². The van der Waals surface area contributed by atoms with Gasteiger partial charge >= 0.3 is 0 Å². The molecule has 5 heteroatoms. The van der Waals surface area contributed by atoms with E-state index >= 15 is 0 Å². The van der Waals surface area contributed by atoms with Gasteiger partial charge in [0.15, 0.2) is 0 Å². The fraction of sp³-hybridized carbons (Fsp3) is 0.800. The zero-order valence-electron chi connectivity index (χ0n) is 9.30. The minimum absolute atomic E-state index is 0.0321. The van der Waals surface area contributed by atoms with E-state index in [9.17, 15) is 9.59 Å². The average Bonchev–Trinajstić information content (AvgIpc) is 2.26. The van der Waals surface area contributed by atoms with E-state index in [1.54, 1.807) is 0 Å². The molecule has 0 aromatic rings. The highest BCUT2D eigenvalue weighted by atomic mass is 16.2. The van der Waals surface area contributed by atoms with Crippen molar-refractivity contribution in [3.05, 3.63) is 0 Å². The lowest BCUT2D eigenvalue weighted by atomic mass is 10.1. The maximum Gasteiger partial charge on any atom is 0.238 e. The SMILES string of the molecule is CCC(C)CNC(=O)C1CNC(=O)CN1. The minimum atomic E-state index is -0.285. The van der Waals surface area contributed by atoms with E-state index in [0.717, 1.165) is 6.42 Å². The molecule has 2 amide bonds. The molecule has 1 aliphatic heterocycles. The molecule has 0 bridgehead atoms. The number of hydrogen-bond donors (Lipinski definition) is 3. The molecular formula is C10H19N3O2. The van der Waals surface area contributed by atoms with Crippen LogP contribution in [-0.4, -0.2) is 37.5 Å². The van der Waals surface area contributed by atoms with Crippen LogP contribution in [-0.2, 0) is 9.59 Å². The second kappa shape index (κ2) is 5.70. The third kappa shape index (κ3) is 3.87. The number of carbonyl (C=O) groups is 2. The summed E-state index contributed by atoms with van der Waals surface area (Å²) in [5, 5.41) is 8.40. The first kappa shape index (κ1) is 12.0. The Morgan fingerprint density at radius 1 is 1.67 bits per heavy atom. The van der Waals surface area contributed by atoms with Gasteiger partial charge in [-0.3, -0.25) is 14.9 Å². The summed E-state index contributed by atoms with van der Waals surface area (Å²) in [5.41, 5.74) is 0. The Kier molecular flexibility index (Phi) is 4.55. The lowest BCUT2D eigenvalue weighted by Crippen LogP contribution is -2.58. The van der Waals surface area contributed by atoms with Crippen molar-refractivity contribution in [2.45, 2.75) is 26.3 Å². The van der Waals surface area contributed by atoms with Gasteiger partial charge in [0.25, 0.3) is 0 Å². The third-order valence-corrected chi connectivity index (χ3v) is 2.65. The number of piperazine rings is 1. The summed E-state index contributed by atoms with van der Waals surface area (Å²) < 4.78 is 0. The van der Waals surface area contributed by atoms with Crippen LogP contribution in [0.4, 0.5) is 0 Å². The third-order valence-electron chi connectivity index (χ3n) is 2.65. The van der Waals surface area contributed by atoms with Crippen molar-refractivity contribution in [2.75, 3.05) is 19.6 Å². The van der Waals surface area contributed by atoms with Crippen molar-refractivity contribution in [1.29, 1.82) is 0 Å². The molecule has 15 heavy (non-hydrogen) atoms. The lowest BCUT2D eigenvalue weighted by molar-refractivity contribution is -0.126. The normalized spacial score (nSPS) is 23.1. The van der Waals surface area contributed by atoms with E-state index < -0.39 is 0 Å². The number of rotatable bonds is 4. The molecule has 1 fully saturated rings. The lowest BCUT2D eigenvalue weighted by Gasteiger charge is -2.23. The van der Waals surface area contributed by atoms with Crippen LogP contribution in [0, 0.1) is 5.92 Å². The molecular weight excluding hydrogens is 194 g/mol. The van der Waals surface area contributed by atoms with Gasteiger partial charge in [-0.25, -0.2) is 0 Å². The van der Waals surface area contributed by atoms with E-state index in [0.29, 0.717) is 19.0 Å². The maximum absolute atomic E-state index is 11.6. The molecule has 0 aromatic heterocycles. The van der Waals surface area contributed by atoms with Gasteiger partial charge in [0.1, 0.15) is 6.04 Å². The zero-order valence-corrected chi connectivity index (χ0v) is 9.30. The Morgan fingerprint density at radius 3 is 2.93 bits per heavy atom. The smallest absolute Gasteiger partial charge is 0.238 e. The largest absolute Gasteiger partial charge is 0.354 e. The predicted molar refractivity (Wildman–Crippen MR) is 57.3 cm³/mol. The Bertz CT molecular complexity index is 233. The van der Waals surface area contributed by atoms with Crippen molar-refractivity contribution in [1.82, 2.24) is 16.0 Å². The molecule has 3 N–H and O–H groups in total. The van der Waals surface area contributed by atoms with Crippen LogP contribution >= 0.6 is 0 Å². The van der Waals surface area contributed by atoms with Crippen molar-refractivity contribution < 1.29 is 9.59 Å². The predicted octanol–water partition coefficient (Wildman–Crippen LogP) is -0.763. The zero-order chi connectivity index (χ0) is 11.3. The van der Waals surface area contributed by atoms with Gasteiger partial charge in [0.2, 0.25) is 11.8 Å². The first-order chi connectivity index (χ1) is 7.13. The highest BCUT2D eigenvalue weighted by Crippen LogP contribution is 1.97. The van der Waals surface area contributed by atoms with Gasteiger partial charge in [-0.05, 0) is 5.92 Å². The van der Waals surface area contributed by atoms with Gasteiger partial charge in [-0.15, -0.1) is 0 Å². The molecule has 0 aromatic carbocycles. The summed E-state index contributed by atoms with van der Waals surface area (Å²) >= 11 is 0. The van der Waals surface area contributed by atoms with Gasteiger partial charge in [-0.2, -0.15) is 0 Å². The van der Waals surface area contributed by atoms with Crippen molar-refractivity contribution in [3.63, 3.8) is 0 Å². The van der Waals surface area contributed by atoms with Crippen LogP contribution in [0.25, 0.3) is 0 Å². The summed E-state index contributed by atoms with van der Waals surface area (Å²) in [6.45, 7) is 5.49. The first-order valence-electron chi connectivity index (χ1n) is 5.41. The number of nitrogens with one attached hydrogen (secondary N) is 3. The average molecular weight is 213 g/mol. The molecule has 2 unspecified atom stereocenters. The van der Waals surface area contributed by atoms with Crippen molar-refractivity contribution >= 4 is 11.8 Å². The fourth-order valence-electron chi connectivity index (χ4n) is 1.29. The van der Waals surface area contributed by atoms with Crippen LogP contribution in [0.5, 0.6) is 0 Å². The van der Waals surface area contributed by atoms with E-state index in [-0.39, 0.29) is 24.4 Å². The topological polar surface area (TPSA) is 70.2 Å². The maximum atomic E-state index is 11.6. The molecule has 86 valence electrons. The van der Waals surface area contributed by atoms with E-state index in [1.165, 1.54) is 0 Å². The fourth-order valence-corrected chi connectivity index (χ4v) is 1.29. The molecule has 0 aliphatic carbocycles. The van der Waals surface area contributed by atoms with Crippen molar-refractivity contribution in [3.8, 4) is 0 Å². The highest BCUT2D eigenvalue weighted by Gasteiger charge is 2.23. The Balaban J connectivity index is 2.25. The molecule has 1 rings (SSSR count). The summed E-state index contributed by atoms with van der Waals surface area (Å²) in [6.07, 6.45) is 1.05. The standard InChI is InChI=1S/C10H19N3O2/c1-3-7(2)4-13-10(15)8-5-12-9(14)6-11-8/h7-8,11H,3-6H2,1-2H3,(H,12,14)(H,13,15). The highest BCUT2D eigenvalue weighted by molar-refractivity contribution is 5.86. The molecule has 5 nitrogen and oxygen atoms in total. The Labute approximate surface area is 90.0 Å². The summed E-state index contributed by atoms with van der Waals surface area (Å²) in [5.74, 6) is 0.406. The number of carbonyl (C=O) groups excluding carboxylic acids is 2. The van der Waals surface area contributed by atoms with Crippen LogP contribution in [0.3, 0.4) is 0 Å².